The Kier molecular flexibility index (Phi) is 6.08. The molecule has 4 rings (SSSR count). The average Bonchev–Trinajstić information content (AvgIpc) is 3.26. The van der Waals surface area contributed by atoms with Crippen molar-refractivity contribution in [2.24, 2.45) is 0 Å². The lowest BCUT2D eigenvalue weighted by Crippen LogP contribution is -2.46. The lowest BCUT2D eigenvalue weighted by Gasteiger charge is -2.35. The molecule has 2 heterocycles. The number of urea groups is 1. The van der Waals surface area contributed by atoms with Crippen LogP contribution in [0.4, 0.5) is 9.18 Å². The van der Waals surface area contributed by atoms with Gasteiger partial charge in [0.2, 0.25) is 5.82 Å². The van der Waals surface area contributed by atoms with Crippen molar-refractivity contribution in [2.75, 3.05) is 20.3 Å². The van der Waals surface area contributed by atoms with Crippen LogP contribution < -0.4 is 5.32 Å². The first kappa shape index (κ1) is 20.7. The van der Waals surface area contributed by atoms with Gasteiger partial charge in [-0.1, -0.05) is 47.6 Å². The summed E-state index contributed by atoms with van der Waals surface area (Å²) < 4.78 is 24.3. The largest absolute Gasteiger partial charge is 0.385 e. The smallest absolute Gasteiger partial charge is 0.322 e. The summed E-state index contributed by atoms with van der Waals surface area (Å²) in [7, 11) is 1.63. The highest BCUT2D eigenvalue weighted by Gasteiger charge is 2.35. The van der Waals surface area contributed by atoms with Crippen LogP contribution in [0.2, 0.25) is 0 Å². The highest BCUT2D eigenvalue weighted by atomic mass is 19.1. The predicted octanol–water partition coefficient (Wildman–Crippen LogP) is 4.41. The molecule has 31 heavy (non-hydrogen) atoms. The van der Waals surface area contributed by atoms with Gasteiger partial charge in [0.15, 0.2) is 0 Å². The Balaban J connectivity index is 1.76. The van der Waals surface area contributed by atoms with E-state index < -0.39 is 6.04 Å². The Labute approximate surface area is 179 Å². The summed E-state index contributed by atoms with van der Waals surface area (Å²) in [5.41, 5.74) is 2.84. The molecule has 1 aliphatic rings. The second-order valence-corrected chi connectivity index (χ2v) is 7.22. The zero-order valence-electron chi connectivity index (χ0n) is 17.3. The summed E-state index contributed by atoms with van der Waals surface area (Å²) in [5.74, 6) is 0.183. The SMILES string of the molecule is COCCCN1C(=O)NC(c2ccccc2)C(c2nc(-c3cccc(F)c3)no2)=C1C. The Morgan fingerprint density at radius 2 is 2.00 bits per heavy atom. The van der Waals surface area contributed by atoms with Crippen LogP contribution in [-0.2, 0) is 4.74 Å². The minimum Gasteiger partial charge on any atom is -0.385 e. The van der Waals surface area contributed by atoms with Gasteiger partial charge in [0.1, 0.15) is 5.82 Å². The first-order valence-electron chi connectivity index (χ1n) is 10.0. The molecule has 0 aliphatic carbocycles. The van der Waals surface area contributed by atoms with Gasteiger partial charge in [0.25, 0.3) is 5.89 Å². The molecule has 3 aromatic rings. The summed E-state index contributed by atoms with van der Waals surface area (Å²) in [5, 5.41) is 7.09. The number of carbonyl (C=O) groups is 1. The van der Waals surface area contributed by atoms with E-state index in [1.165, 1.54) is 12.1 Å². The van der Waals surface area contributed by atoms with Gasteiger partial charge in [-0.15, -0.1) is 0 Å². The van der Waals surface area contributed by atoms with E-state index in [1.807, 2.05) is 37.3 Å². The predicted molar refractivity (Wildman–Crippen MR) is 113 cm³/mol. The van der Waals surface area contributed by atoms with E-state index in [2.05, 4.69) is 15.5 Å². The average molecular weight is 422 g/mol. The van der Waals surface area contributed by atoms with E-state index in [1.54, 1.807) is 24.1 Å². The summed E-state index contributed by atoms with van der Waals surface area (Å²) >= 11 is 0. The van der Waals surface area contributed by atoms with Gasteiger partial charge < -0.3 is 14.6 Å². The number of aromatic nitrogens is 2. The second kappa shape index (κ2) is 9.09. The van der Waals surface area contributed by atoms with Crippen molar-refractivity contribution in [3.8, 4) is 11.4 Å². The van der Waals surface area contributed by atoms with E-state index in [0.29, 0.717) is 30.7 Å². The Bertz CT molecular complexity index is 1100. The van der Waals surface area contributed by atoms with Gasteiger partial charge >= 0.3 is 6.03 Å². The molecular formula is C23H23FN4O3. The van der Waals surface area contributed by atoms with E-state index in [0.717, 1.165) is 11.3 Å². The topological polar surface area (TPSA) is 80.5 Å². The van der Waals surface area contributed by atoms with Crippen LogP contribution in [0.1, 0.15) is 30.8 Å². The van der Waals surface area contributed by atoms with E-state index in [9.17, 15) is 9.18 Å². The quantitative estimate of drug-likeness (QED) is 0.571. The van der Waals surface area contributed by atoms with Crippen molar-refractivity contribution < 1.29 is 18.4 Å². The van der Waals surface area contributed by atoms with Gasteiger partial charge in [-0.3, -0.25) is 4.90 Å². The fourth-order valence-corrected chi connectivity index (χ4v) is 3.67. The molecule has 1 unspecified atom stereocenters. The third kappa shape index (κ3) is 4.34. The van der Waals surface area contributed by atoms with Crippen LogP contribution in [0.5, 0.6) is 0 Å². The molecule has 0 radical (unpaired) electrons. The molecule has 1 N–H and O–H groups in total. The Morgan fingerprint density at radius 1 is 1.19 bits per heavy atom. The van der Waals surface area contributed by atoms with Crippen LogP contribution >= 0.6 is 0 Å². The van der Waals surface area contributed by atoms with Crippen molar-refractivity contribution in [3.63, 3.8) is 0 Å². The first-order chi connectivity index (χ1) is 15.1. The van der Waals surface area contributed by atoms with Crippen molar-refractivity contribution in [1.29, 1.82) is 0 Å². The zero-order chi connectivity index (χ0) is 21.8. The molecule has 8 heteroatoms. The highest BCUT2D eigenvalue weighted by molar-refractivity contribution is 5.86. The van der Waals surface area contributed by atoms with Crippen molar-refractivity contribution in [1.82, 2.24) is 20.4 Å². The van der Waals surface area contributed by atoms with Crippen LogP contribution in [0.25, 0.3) is 17.0 Å². The van der Waals surface area contributed by atoms with Gasteiger partial charge in [-0.05, 0) is 31.0 Å². The van der Waals surface area contributed by atoms with Crippen LogP contribution in [-0.4, -0.2) is 41.3 Å². The molecule has 0 bridgehead atoms. The number of benzene rings is 2. The number of allylic oxidation sites excluding steroid dienone is 1. The summed E-state index contributed by atoms with van der Waals surface area (Å²) in [6.45, 7) is 2.89. The third-order valence-electron chi connectivity index (χ3n) is 5.20. The lowest BCUT2D eigenvalue weighted by atomic mass is 9.94. The summed E-state index contributed by atoms with van der Waals surface area (Å²) in [6.07, 6.45) is 0.683. The second-order valence-electron chi connectivity index (χ2n) is 7.22. The standard InChI is InChI=1S/C23H23FN4O3/c1-15-19(22-26-21(27-31-22)17-10-6-11-18(24)14-17)20(16-8-4-3-5-9-16)25-23(29)28(15)12-7-13-30-2/h3-6,8-11,14,20H,7,12-13H2,1-2H3,(H,25,29). The number of methoxy groups -OCH3 is 1. The minimum atomic E-state index is -0.451. The molecule has 0 fully saturated rings. The molecule has 0 saturated carbocycles. The van der Waals surface area contributed by atoms with Crippen molar-refractivity contribution >= 4 is 11.6 Å². The normalized spacial score (nSPS) is 16.5. The molecule has 160 valence electrons. The molecule has 7 nitrogen and oxygen atoms in total. The number of carbonyl (C=O) groups excluding carboxylic acids is 1. The maximum absolute atomic E-state index is 13.6. The first-order valence-corrected chi connectivity index (χ1v) is 10.0. The Hall–Kier alpha value is -3.52. The number of nitrogens with one attached hydrogen (secondary N) is 1. The maximum Gasteiger partial charge on any atom is 0.322 e. The van der Waals surface area contributed by atoms with E-state index in [-0.39, 0.29) is 23.6 Å². The molecule has 1 atom stereocenters. The fraction of sp³-hybridized carbons (Fsp3) is 0.261. The van der Waals surface area contributed by atoms with E-state index >= 15 is 0 Å². The van der Waals surface area contributed by atoms with Crippen LogP contribution in [0.15, 0.2) is 64.8 Å². The van der Waals surface area contributed by atoms with Crippen molar-refractivity contribution in [3.05, 3.63) is 77.6 Å². The third-order valence-corrected chi connectivity index (χ3v) is 5.20. The summed E-state index contributed by atoms with van der Waals surface area (Å²) in [4.78, 5) is 19.0. The molecular weight excluding hydrogens is 399 g/mol. The maximum atomic E-state index is 13.6. The monoisotopic (exact) mass is 422 g/mol. The Morgan fingerprint density at radius 3 is 2.74 bits per heavy atom. The number of nitrogens with zero attached hydrogens (tertiary/aromatic N) is 3. The fourth-order valence-electron chi connectivity index (χ4n) is 3.67. The number of hydrogen-bond donors (Lipinski definition) is 1. The summed E-state index contributed by atoms with van der Waals surface area (Å²) in [6, 6.07) is 15.0. The van der Waals surface area contributed by atoms with Gasteiger partial charge in [-0.2, -0.15) is 4.98 Å². The minimum absolute atomic E-state index is 0.198. The number of halogens is 1. The number of ether oxygens (including phenoxy) is 1. The molecule has 0 saturated heterocycles. The van der Waals surface area contributed by atoms with Crippen LogP contribution in [0, 0.1) is 5.82 Å². The van der Waals surface area contributed by atoms with E-state index in [4.69, 9.17) is 9.26 Å². The van der Waals surface area contributed by atoms with Gasteiger partial charge in [-0.25, -0.2) is 9.18 Å². The van der Waals surface area contributed by atoms with Crippen LogP contribution in [0.3, 0.4) is 0 Å². The molecule has 2 aromatic carbocycles. The number of hydrogen-bond acceptors (Lipinski definition) is 5. The molecule has 1 aliphatic heterocycles. The molecule has 1 aromatic heterocycles. The zero-order valence-corrected chi connectivity index (χ0v) is 17.3. The molecule has 0 spiro atoms. The van der Waals surface area contributed by atoms with Crippen molar-refractivity contribution in [2.45, 2.75) is 19.4 Å². The highest BCUT2D eigenvalue weighted by Crippen LogP contribution is 2.37. The molecule has 2 amide bonds. The van der Waals surface area contributed by atoms with Gasteiger partial charge in [0, 0.05) is 31.5 Å². The number of rotatable bonds is 7. The lowest BCUT2D eigenvalue weighted by molar-refractivity contribution is 0.174. The number of amides is 2. The van der Waals surface area contributed by atoms with Gasteiger partial charge in [0.05, 0.1) is 11.6 Å².